The number of ether oxygens (including phenoxy) is 3. The van der Waals surface area contributed by atoms with Gasteiger partial charge < -0.3 is 19.5 Å². The second-order valence-corrected chi connectivity index (χ2v) is 6.02. The lowest BCUT2D eigenvalue weighted by Crippen LogP contribution is -2.23. The van der Waals surface area contributed by atoms with Gasteiger partial charge in [0.15, 0.2) is 0 Å². The van der Waals surface area contributed by atoms with E-state index in [4.69, 9.17) is 14.2 Å². The van der Waals surface area contributed by atoms with Crippen LogP contribution in [0.4, 0.5) is 5.69 Å². The highest BCUT2D eigenvalue weighted by Crippen LogP contribution is 2.32. The Balaban J connectivity index is 1.95. The molecule has 0 saturated carbocycles. The molecule has 3 rings (SSSR count). The van der Waals surface area contributed by atoms with Gasteiger partial charge in [-0.1, -0.05) is 18.2 Å². The van der Waals surface area contributed by atoms with Gasteiger partial charge in [0.25, 0.3) is 0 Å². The number of hydrogen-bond acceptors (Lipinski definition) is 5. The quantitative estimate of drug-likeness (QED) is 0.676. The zero-order chi connectivity index (χ0) is 19.9. The molecule has 28 heavy (non-hydrogen) atoms. The Kier molecular flexibility index (Phi) is 6.11. The number of benzene rings is 2. The molecule has 1 unspecified atom stereocenters. The van der Waals surface area contributed by atoms with Gasteiger partial charge in [-0.2, -0.15) is 0 Å². The molecular formula is C22H22N2O4. The van der Waals surface area contributed by atoms with Crippen LogP contribution in [0.2, 0.25) is 0 Å². The van der Waals surface area contributed by atoms with E-state index in [0.29, 0.717) is 22.9 Å². The summed E-state index contributed by atoms with van der Waals surface area (Å²) in [7, 11) is 4.73. The highest BCUT2D eigenvalue weighted by atomic mass is 16.5. The molecule has 0 aliphatic rings. The van der Waals surface area contributed by atoms with E-state index >= 15 is 0 Å². The van der Waals surface area contributed by atoms with Crippen molar-refractivity contribution in [2.24, 2.45) is 0 Å². The largest absolute Gasteiger partial charge is 0.497 e. The number of anilines is 1. The van der Waals surface area contributed by atoms with E-state index in [1.807, 2.05) is 42.5 Å². The standard InChI is InChI=1S/C22H22N2O4/c1-26-16-9-7-15(8-10-16)21(19-6-4-5-13-23-19)22(25)24-18-12-11-17(27-2)14-20(18)28-3/h4-14,21H,1-3H3,(H,24,25). The van der Waals surface area contributed by atoms with Crippen LogP contribution in [0.25, 0.3) is 0 Å². The smallest absolute Gasteiger partial charge is 0.238 e. The average molecular weight is 378 g/mol. The normalized spacial score (nSPS) is 11.4. The highest BCUT2D eigenvalue weighted by molar-refractivity contribution is 5.99. The van der Waals surface area contributed by atoms with Crippen LogP contribution >= 0.6 is 0 Å². The molecule has 144 valence electrons. The number of nitrogens with one attached hydrogen (secondary N) is 1. The van der Waals surface area contributed by atoms with Crippen molar-refractivity contribution in [3.8, 4) is 17.2 Å². The molecule has 0 bridgehead atoms. The molecule has 2 aromatic carbocycles. The van der Waals surface area contributed by atoms with Crippen molar-refractivity contribution in [2.45, 2.75) is 5.92 Å². The molecule has 1 amide bonds. The van der Waals surface area contributed by atoms with Crippen molar-refractivity contribution in [1.29, 1.82) is 0 Å². The predicted octanol–water partition coefficient (Wildman–Crippen LogP) is 3.88. The monoisotopic (exact) mass is 378 g/mol. The topological polar surface area (TPSA) is 69.7 Å². The predicted molar refractivity (Wildman–Crippen MR) is 107 cm³/mol. The second kappa shape index (κ2) is 8.90. The van der Waals surface area contributed by atoms with Gasteiger partial charge >= 0.3 is 0 Å². The van der Waals surface area contributed by atoms with Crippen molar-refractivity contribution in [3.63, 3.8) is 0 Å². The number of pyridine rings is 1. The van der Waals surface area contributed by atoms with E-state index in [2.05, 4.69) is 10.3 Å². The summed E-state index contributed by atoms with van der Waals surface area (Å²) in [5.74, 6) is 1.08. The van der Waals surface area contributed by atoms with Gasteiger partial charge in [0, 0.05) is 12.3 Å². The van der Waals surface area contributed by atoms with Gasteiger partial charge in [-0.15, -0.1) is 0 Å². The Morgan fingerprint density at radius 2 is 1.61 bits per heavy atom. The van der Waals surface area contributed by atoms with Crippen LogP contribution in [0.1, 0.15) is 17.2 Å². The number of carbonyl (C=O) groups is 1. The molecule has 0 aliphatic heterocycles. The number of nitrogens with zero attached hydrogens (tertiary/aromatic N) is 1. The van der Waals surface area contributed by atoms with Gasteiger partial charge in [-0.25, -0.2) is 0 Å². The number of amides is 1. The molecule has 1 heterocycles. The van der Waals surface area contributed by atoms with Gasteiger partial charge in [0.2, 0.25) is 5.91 Å². The summed E-state index contributed by atoms with van der Waals surface area (Å²) in [6.45, 7) is 0. The zero-order valence-electron chi connectivity index (χ0n) is 16.0. The first-order valence-electron chi connectivity index (χ1n) is 8.74. The van der Waals surface area contributed by atoms with Crippen molar-refractivity contribution in [3.05, 3.63) is 78.1 Å². The summed E-state index contributed by atoms with van der Waals surface area (Å²) < 4.78 is 15.8. The molecule has 1 aromatic heterocycles. The maximum absolute atomic E-state index is 13.2. The Hall–Kier alpha value is -3.54. The van der Waals surface area contributed by atoms with Crippen molar-refractivity contribution >= 4 is 11.6 Å². The first-order chi connectivity index (χ1) is 13.7. The van der Waals surface area contributed by atoms with E-state index in [0.717, 1.165) is 11.3 Å². The third-order valence-electron chi connectivity index (χ3n) is 4.36. The molecule has 3 aromatic rings. The Morgan fingerprint density at radius 1 is 0.893 bits per heavy atom. The van der Waals surface area contributed by atoms with Crippen molar-refractivity contribution in [1.82, 2.24) is 4.98 Å². The number of rotatable bonds is 7. The van der Waals surface area contributed by atoms with Crippen molar-refractivity contribution < 1.29 is 19.0 Å². The van der Waals surface area contributed by atoms with E-state index in [9.17, 15) is 4.79 Å². The van der Waals surface area contributed by atoms with Gasteiger partial charge in [-0.05, 0) is 42.0 Å². The molecule has 6 nitrogen and oxygen atoms in total. The molecule has 0 fully saturated rings. The van der Waals surface area contributed by atoms with E-state index in [-0.39, 0.29) is 5.91 Å². The average Bonchev–Trinajstić information content (AvgIpc) is 2.75. The van der Waals surface area contributed by atoms with Gasteiger partial charge in [0.05, 0.1) is 32.7 Å². The summed E-state index contributed by atoms with van der Waals surface area (Å²) in [5.41, 5.74) is 2.02. The third kappa shape index (κ3) is 4.23. The Labute approximate surface area is 164 Å². The maximum atomic E-state index is 13.2. The number of methoxy groups -OCH3 is 3. The lowest BCUT2D eigenvalue weighted by atomic mass is 9.94. The van der Waals surface area contributed by atoms with Crippen LogP contribution in [0.3, 0.4) is 0 Å². The molecule has 1 atom stereocenters. The first-order valence-corrected chi connectivity index (χ1v) is 8.74. The summed E-state index contributed by atoms with van der Waals surface area (Å²) in [6.07, 6.45) is 1.67. The van der Waals surface area contributed by atoms with Gasteiger partial charge in [-0.3, -0.25) is 9.78 Å². The van der Waals surface area contributed by atoms with Crippen LogP contribution in [0.5, 0.6) is 17.2 Å². The van der Waals surface area contributed by atoms with E-state index < -0.39 is 5.92 Å². The fraction of sp³-hybridized carbons (Fsp3) is 0.182. The lowest BCUT2D eigenvalue weighted by molar-refractivity contribution is -0.116. The summed E-state index contributed by atoms with van der Waals surface area (Å²) in [5, 5.41) is 2.95. The Morgan fingerprint density at radius 3 is 2.21 bits per heavy atom. The summed E-state index contributed by atoms with van der Waals surface area (Å²) >= 11 is 0. The molecule has 0 aliphatic carbocycles. The van der Waals surface area contributed by atoms with Crippen LogP contribution < -0.4 is 19.5 Å². The van der Waals surface area contributed by atoms with E-state index in [1.165, 1.54) is 0 Å². The lowest BCUT2D eigenvalue weighted by Gasteiger charge is -2.18. The Bertz CT molecular complexity index is 927. The molecule has 0 radical (unpaired) electrons. The summed E-state index contributed by atoms with van der Waals surface area (Å²) in [6, 6.07) is 18.1. The first kappa shape index (κ1) is 19.2. The van der Waals surface area contributed by atoms with Crippen LogP contribution in [-0.2, 0) is 4.79 Å². The number of carbonyl (C=O) groups excluding carboxylic acids is 1. The number of aromatic nitrogens is 1. The molecule has 0 saturated heterocycles. The zero-order valence-corrected chi connectivity index (χ0v) is 16.0. The molecule has 0 spiro atoms. The third-order valence-corrected chi connectivity index (χ3v) is 4.36. The fourth-order valence-electron chi connectivity index (χ4n) is 2.91. The minimum atomic E-state index is -0.584. The van der Waals surface area contributed by atoms with E-state index in [1.54, 1.807) is 45.7 Å². The molecular weight excluding hydrogens is 356 g/mol. The minimum absolute atomic E-state index is 0.215. The fourth-order valence-corrected chi connectivity index (χ4v) is 2.91. The SMILES string of the molecule is COc1ccc(C(C(=O)Nc2ccc(OC)cc2OC)c2ccccn2)cc1. The number of hydrogen-bond donors (Lipinski definition) is 1. The second-order valence-electron chi connectivity index (χ2n) is 6.02. The van der Waals surface area contributed by atoms with Crippen LogP contribution in [0, 0.1) is 0 Å². The molecule has 6 heteroatoms. The minimum Gasteiger partial charge on any atom is -0.497 e. The van der Waals surface area contributed by atoms with Crippen molar-refractivity contribution in [2.75, 3.05) is 26.6 Å². The van der Waals surface area contributed by atoms with Crippen LogP contribution in [0.15, 0.2) is 66.9 Å². The van der Waals surface area contributed by atoms with Gasteiger partial charge in [0.1, 0.15) is 23.2 Å². The highest BCUT2D eigenvalue weighted by Gasteiger charge is 2.25. The van der Waals surface area contributed by atoms with Crippen LogP contribution in [-0.4, -0.2) is 32.2 Å². The summed E-state index contributed by atoms with van der Waals surface area (Å²) in [4.78, 5) is 17.6. The molecule has 1 N–H and O–H groups in total. The maximum Gasteiger partial charge on any atom is 0.238 e.